The van der Waals surface area contributed by atoms with E-state index in [4.69, 9.17) is 5.73 Å². The third-order valence-electron chi connectivity index (χ3n) is 2.54. The number of rotatable bonds is 5. The third kappa shape index (κ3) is 4.67. The normalized spacial score (nSPS) is 10.1. The molecule has 19 heavy (non-hydrogen) atoms. The van der Waals surface area contributed by atoms with Crippen LogP contribution in [0, 0.1) is 0 Å². The summed E-state index contributed by atoms with van der Waals surface area (Å²) in [5.41, 5.74) is 8.28. The number of nitrogen functional groups attached to an aromatic ring is 1. The molecule has 0 unspecified atom stereocenters. The Labute approximate surface area is 117 Å². The lowest BCUT2D eigenvalue weighted by Crippen LogP contribution is -2.14. The Bertz CT molecular complexity index is 526. The molecule has 3 N–H and O–H groups in total. The molecule has 0 fully saturated rings. The van der Waals surface area contributed by atoms with E-state index in [2.05, 4.69) is 17.4 Å². The third-order valence-corrected chi connectivity index (χ3v) is 3.54. The number of carbonyl (C=O) groups excluding carboxylic acids is 1. The number of nitrogens with one attached hydrogen (secondary N) is 1. The molecule has 0 bridgehead atoms. The summed E-state index contributed by atoms with van der Waals surface area (Å²) >= 11 is 1.60. The van der Waals surface area contributed by atoms with Crippen LogP contribution in [0.25, 0.3) is 0 Å². The van der Waals surface area contributed by atoms with Gasteiger partial charge in [0.2, 0.25) is 5.91 Å². The van der Waals surface area contributed by atoms with Crippen LogP contribution >= 0.6 is 11.8 Å². The average Bonchev–Trinajstić information content (AvgIpc) is 2.43. The summed E-state index contributed by atoms with van der Waals surface area (Å²) in [5, 5.41) is 2.84. The van der Waals surface area contributed by atoms with Gasteiger partial charge in [-0.2, -0.15) is 0 Å². The van der Waals surface area contributed by atoms with Crippen molar-refractivity contribution in [3.8, 4) is 0 Å². The first kappa shape index (κ1) is 13.5. The first-order valence-electron chi connectivity index (χ1n) is 6.01. The van der Waals surface area contributed by atoms with Crippen molar-refractivity contribution in [1.29, 1.82) is 0 Å². The lowest BCUT2D eigenvalue weighted by Gasteiger charge is -2.05. The Kier molecular flexibility index (Phi) is 4.86. The zero-order valence-electron chi connectivity index (χ0n) is 10.5. The molecular weight excluding hydrogens is 256 g/mol. The fraction of sp³-hybridized carbons (Fsp3) is 0.133. The van der Waals surface area contributed by atoms with E-state index in [0.717, 1.165) is 11.4 Å². The molecule has 1 amide bonds. The summed E-state index contributed by atoms with van der Waals surface area (Å²) in [6, 6.07) is 17.3. The molecule has 0 saturated heterocycles. The van der Waals surface area contributed by atoms with E-state index < -0.39 is 0 Å². The summed E-state index contributed by atoms with van der Waals surface area (Å²) in [6.07, 6.45) is 0. The van der Waals surface area contributed by atoms with Crippen molar-refractivity contribution in [2.24, 2.45) is 0 Å². The molecule has 0 aliphatic heterocycles. The molecule has 0 atom stereocenters. The van der Waals surface area contributed by atoms with E-state index in [1.807, 2.05) is 18.2 Å². The average molecular weight is 272 g/mol. The molecular formula is C15H16N2OS. The lowest BCUT2D eigenvalue weighted by atomic mass is 10.2. The van der Waals surface area contributed by atoms with Crippen molar-refractivity contribution >= 4 is 29.0 Å². The summed E-state index contributed by atoms with van der Waals surface area (Å²) in [5.74, 6) is 1.29. The molecule has 0 radical (unpaired) electrons. The van der Waals surface area contributed by atoms with Crippen molar-refractivity contribution in [3.63, 3.8) is 0 Å². The summed E-state index contributed by atoms with van der Waals surface area (Å²) < 4.78 is 0. The number of hydrogen-bond donors (Lipinski definition) is 2. The molecule has 0 aliphatic carbocycles. The fourth-order valence-corrected chi connectivity index (χ4v) is 2.39. The number of amides is 1. The molecule has 2 rings (SSSR count). The van der Waals surface area contributed by atoms with Gasteiger partial charge in [-0.25, -0.2) is 0 Å². The second-order valence-corrected chi connectivity index (χ2v) is 5.13. The van der Waals surface area contributed by atoms with Crippen LogP contribution in [0.4, 0.5) is 11.4 Å². The minimum absolute atomic E-state index is 0.00528. The maximum Gasteiger partial charge on any atom is 0.234 e. The van der Waals surface area contributed by atoms with Gasteiger partial charge >= 0.3 is 0 Å². The van der Waals surface area contributed by atoms with Gasteiger partial charge in [0.1, 0.15) is 0 Å². The van der Waals surface area contributed by atoms with E-state index in [9.17, 15) is 4.79 Å². The van der Waals surface area contributed by atoms with Crippen LogP contribution in [0.1, 0.15) is 5.56 Å². The predicted molar refractivity (Wildman–Crippen MR) is 82.1 cm³/mol. The maximum absolute atomic E-state index is 11.7. The second kappa shape index (κ2) is 6.85. The van der Waals surface area contributed by atoms with Gasteiger partial charge in [0.05, 0.1) is 5.75 Å². The standard InChI is InChI=1S/C15H16N2OS/c16-13-6-8-14(9-7-13)17-15(18)11-19-10-12-4-2-1-3-5-12/h1-9H,10-11,16H2,(H,17,18). The van der Waals surface area contributed by atoms with Gasteiger partial charge in [-0.15, -0.1) is 11.8 Å². The highest BCUT2D eigenvalue weighted by molar-refractivity contribution is 7.99. The molecule has 2 aromatic rings. The molecule has 0 aliphatic rings. The zero-order chi connectivity index (χ0) is 13.5. The number of hydrogen-bond acceptors (Lipinski definition) is 3. The first-order valence-corrected chi connectivity index (χ1v) is 7.16. The Morgan fingerprint density at radius 1 is 1.05 bits per heavy atom. The molecule has 0 aromatic heterocycles. The van der Waals surface area contributed by atoms with Crippen molar-refractivity contribution in [1.82, 2.24) is 0 Å². The van der Waals surface area contributed by atoms with Crippen LogP contribution in [0.2, 0.25) is 0 Å². The molecule has 3 nitrogen and oxygen atoms in total. The minimum atomic E-state index is 0.00528. The zero-order valence-corrected chi connectivity index (χ0v) is 11.3. The molecule has 2 aromatic carbocycles. The highest BCUT2D eigenvalue weighted by Gasteiger charge is 2.02. The van der Waals surface area contributed by atoms with Crippen LogP contribution < -0.4 is 11.1 Å². The monoisotopic (exact) mass is 272 g/mol. The van der Waals surface area contributed by atoms with Gasteiger partial charge in [0, 0.05) is 17.1 Å². The van der Waals surface area contributed by atoms with Crippen molar-refractivity contribution in [2.45, 2.75) is 5.75 Å². The van der Waals surface area contributed by atoms with Crippen LogP contribution in [0.5, 0.6) is 0 Å². The van der Waals surface area contributed by atoms with Crippen molar-refractivity contribution in [2.75, 3.05) is 16.8 Å². The van der Waals surface area contributed by atoms with Gasteiger partial charge < -0.3 is 11.1 Å². The quantitative estimate of drug-likeness (QED) is 0.822. The van der Waals surface area contributed by atoms with Gasteiger partial charge in [-0.05, 0) is 29.8 Å². The number of thioether (sulfide) groups is 1. The maximum atomic E-state index is 11.7. The summed E-state index contributed by atoms with van der Waals surface area (Å²) in [4.78, 5) is 11.7. The fourth-order valence-electron chi connectivity index (χ4n) is 1.60. The lowest BCUT2D eigenvalue weighted by molar-refractivity contribution is -0.113. The Balaban J connectivity index is 1.74. The van der Waals surface area contributed by atoms with E-state index in [1.54, 1.807) is 36.0 Å². The number of carbonyl (C=O) groups is 1. The van der Waals surface area contributed by atoms with Crippen LogP contribution in [0.15, 0.2) is 54.6 Å². The number of anilines is 2. The summed E-state index contributed by atoms with van der Waals surface area (Å²) in [7, 11) is 0. The van der Waals surface area contributed by atoms with Crippen LogP contribution in [-0.4, -0.2) is 11.7 Å². The number of nitrogens with two attached hydrogens (primary N) is 1. The second-order valence-electron chi connectivity index (χ2n) is 4.15. The summed E-state index contributed by atoms with van der Waals surface area (Å²) in [6.45, 7) is 0. The minimum Gasteiger partial charge on any atom is -0.399 e. The van der Waals surface area contributed by atoms with Crippen molar-refractivity contribution in [3.05, 3.63) is 60.2 Å². The van der Waals surface area contributed by atoms with Gasteiger partial charge in [0.25, 0.3) is 0 Å². The molecule has 0 saturated carbocycles. The predicted octanol–water partition coefficient (Wildman–Crippen LogP) is 3.14. The van der Waals surface area contributed by atoms with E-state index in [-0.39, 0.29) is 5.91 Å². The van der Waals surface area contributed by atoms with E-state index in [0.29, 0.717) is 11.4 Å². The smallest absolute Gasteiger partial charge is 0.234 e. The van der Waals surface area contributed by atoms with Crippen LogP contribution in [0.3, 0.4) is 0 Å². The SMILES string of the molecule is Nc1ccc(NC(=O)CSCc2ccccc2)cc1. The topological polar surface area (TPSA) is 55.1 Å². The Morgan fingerprint density at radius 2 is 1.74 bits per heavy atom. The molecule has 0 spiro atoms. The number of benzene rings is 2. The van der Waals surface area contributed by atoms with Gasteiger partial charge in [-0.3, -0.25) is 4.79 Å². The van der Waals surface area contributed by atoms with Crippen molar-refractivity contribution < 1.29 is 4.79 Å². The van der Waals surface area contributed by atoms with E-state index in [1.165, 1.54) is 5.56 Å². The molecule has 98 valence electrons. The Hall–Kier alpha value is -1.94. The van der Waals surface area contributed by atoms with E-state index >= 15 is 0 Å². The van der Waals surface area contributed by atoms with Gasteiger partial charge in [-0.1, -0.05) is 30.3 Å². The first-order chi connectivity index (χ1) is 9.24. The highest BCUT2D eigenvalue weighted by Crippen LogP contribution is 2.14. The van der Waals surface area contributed by atoms with Crippen LogP contribution in [-0.2, 0) is 10.5 Å². The molecule has 4 heteroatoms. The highest BCUT2D eigenvalue weighted by atomic mass is 32.2. The van der Waals surface area contributed by atoms with Gasteiger partial charge in [0.15, 0.2) is 0 Å². The molecule has 0 heterocycles. The largest absolute Gasteiger partial charge is 0.399 e. The Morgan fingerprint density at radius 3 is 2.42 bits per heavy atom.